The Hall–Kier alpha value is -0.580. The van der Waals surface area contributed by atoms with Gasteiger partial charge in [0.1, 0.15) is 18.5 Å². The molecule has 0 aromatic heterocycles. The molecule has 0 radical (unpaired) electrons. The molecule has 0 amide bonds. The number of aryl methyl sites for hydroxylation is 2. The van der Waals surface area contributed by atoms with E-state index in [-0.39, 0.29) is 13.2 Å². The third-order valence-electron chi connectivity index (χ3n) is 2.12. The minimum Gasteiger partial charge on any atom is -0.491 e. The van der Waals surface area contributed by atoms with Gasteiger partial charge in [-0.25, -0.2) is 0 Å². The lowest BCUT2D eigenvalue weighted by atomic mass is 10.1. The fourth-order valence-corrected chi connectivity index (χ4v) is 1.48. The number of ether oxygens (including phenoxy) is 1. The second-order valence-electron chi connectivity index (χ2n) is 3.57. The second-order valence-corrected chi connectivity index (χ2v) is 4.36. The molecule has 0 heterocycles. The first-order valence-electron chi connectivity index (χ1n) is 4.82. The summed E-state index contributed by atoms with van der Waals surface area (Å²) in [5.74, 6) is 0.765. The van der Waals surface area contributed by atoms with Crippen LogP contribution in [0.2, 0.25) is 0 Å². The minimum atomic E-state index is -0.603. The molecule has 1 atom stereocenters. The number of rotatable bonds is 4. The van der Waals surface area contributed by atoms with E-state index in [4.69, 9.17) is 10.5 Å². The molecule has 0 aliphatic rings. The van der Waals surface area contributed by atoms with Gasteiger partial charge in [-0.05, 0) is 37.1 Å². The van der Waals surface area contributed by atoms with Crippen molar-refractivity contribution >= 4 is 15.9 Å². The fourth-order valence-electron chi connectivity index (χ4n) is 1.25. The Bertz CT molecular complexity index is 318. The maximum Gasteiger partial charge on any atom is 0.120 e. The van der Waals surface area contributed by atoms with Crippen LogP contribution in [0, 0.1) is 13.8 Å². The van der Waals surface area contributed by atoms with Crippen LogP contribution < -0.4 is 10.5 Å². The van der Waals surface area contributed by atoms with Crippen molar-refractivity contribution in [1.82, 2.24) is 0 Å². The monoisotopic (exact) mass is 273 g/mol. The van der Waals surface area contributed by atoms with Crippen molar-refractivity contribution in [1.29, 1.82) is 0 Å². The summed E-state index contributed by atoms with van der Waals surface area (Å²) >= 11 is 3.48. The van der Waals surface area contributed by atoms with E-state index in [9.17, 15) is 5.11 Å². The van der Waals surface area contributed by atoms with Crippen LogP contribution in [-0.2, 0) is 0 Å². The summed E-state index contributed by atoms with van der Waals surface area (Å²) in [6.45, 7) is 4.46. The number of benzene rings is 1. The topological polar surface area (TPSA) is 55.5 Å². The summed E-state index contributed by atoms with van der Waals surface area (Å²) in [7, 11) is 0. The molecular weight excluding hydrogens is 258 g/mol. The molecule has 0 saturated heterocycles. The lowest BCUT2D eigenvalue weighted by Gasteiger charge is -2.12. The molecule has 0 saturated carbocycles. The Morgan fingerprint density at radius 3 is 2.40 bits per heavy atom. The third kappa shape index (κ3) is 3.48. The van der Waals surface area contributed by atoms with E-state index < -0.39 is 6.10 Å². The molecule has 15 heavy (non-hydrogen) atoms. The number of hydrogen-bond acceptors (Lipinski definition) is 3. The lowest BCUT2D eigenvalue weighted by Crippen LogP contribution is -2.26. The van der Waals surface area contributed by atoms with Gasteiger partial charge in [-0.1, -0.05) is 15.9 Å². The van der Waals surface area contributed by atoms with Crippen molar-refractivity contribution < 1.29 is 9.84 Å². The van der Waals surface area contributed by atoms with Gasteiger partial charge < -0.3 is 15.6 Å². The van der Waals surface area contributed by atoms with Crippen molar-refractivity contribution in [2.75, 3.05) is 13.2 Å². The number of hydrogen-bond donors (Lipinski definition) is 2. The smallest absolute Gasteiger partial charge is 0.120 e. The van der Waals surface area contributed by atoms with E-state index >= 15 is 0 Å². The predicted molar refractivity (Wildman–Crippen MR) is 64.2 cm³/mol. The number of nitrogens with two attached hydrogens (primary N) is 1. The standard InChI is InChI=1S/C11H16BrNO2/c1-7-3-10(4-8(2)11(7)12)15-6-9(14)5-13/h3-4,9,14H,5-6,13H2,1-2H3. The number of aliphatic hydroxyl groups is 1. The number of halogens is 1. The summed E-state index contributed by atoms with van der Waals surface area (Å²) in [6.07, 6.45) is -0.603. The Labute approximate surface area is 98.4 Å². The first kappa shape index (κ1) is 12.5. The van der Waals surface area contributed by atoms with Gasteiger partial charge in [-0.3, -0.25) is 0 Å². The molecule has 1 aromatic carbocycles. The quantitative estimate of drug-likeness (QED) is 0.879. The molecule has 0 aliphatic carbocycles. The third-order valence-corrected chi connectivity index (χ3v) is 3.38. The van der Waals surface area contributed by atoms with Crippen molar-refractivity contribution in [3.63, 3.8) is 0 Å². The van der Waals surface area contributed by atoms with Crippen LogP contribution >= 0.6 is 15.9 Å². The van der Waals surface area contributed by atoms with Crippen LogP contribution in [0.5, 0.6) is 5.75 Å². The maximum absolute atomic E-state index is 9.25. The Balaban J connectivity index is 2.70. The molecule has 0 fully saturated rings. The van der Waals surface area contributed by atoms with Gasteiger partial charge in [0.25, 0.3) is 0 Å². The summed E-state index contributed by atoms with van der Waals surface area (Å²) < 4.78 is 6.52. The van der Waals surface area contributed by atoms with E-state index in [0.717, 1.165) is 21.3 Å². The molecule has 3 N–H and O–H groups in total. The highest BCUT2D eigenvalue weighted by molar-refractivity contribution is 9.10. The molecule has 1 rings (SSSR count). The van der Waals surface area contributed by atoms with Crippen molar-refractivity contribution in [2.45, 2.75) is 20.0 Å². The van der Waals surface area contributed by atoms with E-state index in [1.807, 2.05) is 26.0 Å². The van der Waals surface area contributed by atoms with E-state index in [1.165, 1.54) is 0 Å². The van der Waals surface area contributed by atoms with E-state index in [0.29, 0.717) is 0 Å². The number of aliphatic hydroxyl groups excluding tert-OH is 1. The Kier molecular flexibility index (Phi) is 4.57. The van der Waals surface area contributed by atoms with Gasteiger partial charge in [0.15, 0.2) is 0 Å². The first-order valence-corrected chi connectivity index (χ1v) is 5.61. The molecule has 4 heteroatoms. The van der Waals surface area contributed by atoms with Gasteiger partial charge >= 0.3 is 0 Å². The normalized spacial score (nSPS) is 12.6. The van der Waals surface area contributed by atoms with Gasteiger partial charge in [-0.15, -0.1) is 0 Å². The largest absolute Gasteiger partial charge is 0.491 e. The highest BCUT2D eigenvalue weighted by atomic mass is 79.9. The van der Waals surface area contributed by atoms with E-state index in [2.05, 4.69) is 15.9 Å². The molecule has 1 aromatic rings. The van der Waals surface area contributed by atoms with Crippen LogP contribution in [0.15, 0.2) is 16.6 Å². The molecule has 1 unspecified atom stereocenters. The zero-order chi connectivity index (χ0) is 11.4. The van der Waals surface area contributed by atoms with Crippen LogP contribution in [0.3, 0.4) is 0 Å². The summed E-state index contributed by atoms with van der Waals surface area (Å²) in [4.78, 5) is 0. The molecule has 0 aliphatic heterocycles. The second kappa shape index (κ2) is 5.49. The van der Waals surface area contributed by atoms with E-state index in [1.54, 1.807) is 0 Å². The Morgan fingerprint density at radius 1 is 1.40 bits per heavy atom. The van der Waals surface area contributed by atoms with Crippen LogP contribution in [0.25, 0.3) is 0 Å². The predicted octanol–water partition coefficient (Wildman–Crippen LogP) is 1.76. The molecule has 3 nitrogen and oxygen atoms in total. The Morgan fingerprint density at radius 2 is 1.93 bits per heavy atom. The minimum absolute atomic E-state index is 0.217. The van der Waals surface area contributed by atoms with Crippen LogP contribution in [0.1, 0.15) is 11.1 Å². The zero-order valence-electron chi connectivity index (χ0n) is 8.96. The lowest BCUT2D eigenvalue weighted by molar-refractivity contribution is 0.114. The van der Waals surface area contributed by atoms with Gasteiger partial charge in [0.05, 0.1) is 0 Å². The highest BCUT2D eigenvalue weighted by Gasteiger charge is 2.05. The average Bonchev–Trinajstić information content (AvgIpc) is 2.22. The van der Waals surface area contributed by atoms with Crippen molar-refractivity contribution in [3.05, 3.63) is 27.7 Å². The first-order chi connectivity index (χ1) is 7.04. The highest BCUT2D eigenvalue weighted by Crippen LogP contribution is 2.26. The van der Waals surface area contributed by atoms with Crippen LogP contribution in [-0.4, -0.2) is 24.4 Å². The van der Waals surface area contributed by atoms with Crippen LogP contribution in [0.4, 0.5) is 0 Å². The van der Waals surface area contributed by atoms with Gasteiger partial charge in [0.2, 0.25) is 0 Å². The maximum atomic E-state index is 9.25. The summed E-state index contributed by atoms with van der Waals surface area (Å²) in [5.41, 5.74) is 7.52. The summed E-state index contributed by atoms with van der Waals surface area (Å²) in [5, 5.41) is 9.25. The SMILES string of the molecule is Cc1cc(OCC(O)CN)cc(C)c1Br. The molecule has 0 bridgehead atoms. The zero-order valence-corrected chi connectivity index (χ0v) is 10.5. The van der Waals surface area contributed by atoms with Crippen molar-refractivity contribution in [3.8, 4) is 5.75 Å². The fraction of sp³-hybridized carbons (Fsp3) is 0.455. The average molecular weight is 274 g/mol. The molecule has 84 valence electrons. The van der Waals surface area contributed by atoms with Gasteiger partial charge in [-0.2, -0.15) is 0 Å². The molecular formula is C11H16BrNO2. The van der Waals surface area contributed by atoms with Crippen molar-refractivity contribution in [2.24, 2.45) is 5.73 Å². The summed E-state index contributed by atoms with van der Waals surface area (Å²) in [6, 6.07) is 3.86. The molecule has 0 spiro atoms. The van der Waals surface area contributed by atoms with Gasteiger partial charge in [0, 0.05) is 11.0 Å².